The summed E-state index contributed by atoms with van der Waals surface area (Å²) in [6.07, 6.45) is 10.9. The first kappa shape index (κ1) is 22.0. The van der Waals surface area contributed by atoms with Gasteiger partial charge in [0.15, 0.2) is 0 Å². The van der Waals surface area contributed by atoms with E-state index in [1.807, 2.05) is 0 Å². The van der Waals surface area contributed by atoms with Crippen molar-refractivity contribution in [2.45, 2.75) is 101 Å². The van der Waals surface area contributed by atoms with E-state index in [9.17, 15) is 0 Å². The van der Waals surface area contributed by atoms with E-state index in [4.69, 9.17) is 12.2 Å². The van der Waals surface area contributed by atoms with E-state index in [-0.39, 0.29) is 0 Å². The molecule has 1 nitrogen and oxygen atoms in total. The summed E-state index contributed by atoms with van der Waals surface area (Å²) in [5.74, 6) is 2.17. The second kappa shape index (κ2) is 8.79. The highest BCUT2D eigenvalue weighted by Gasteiger charge is 2.42. The minimum atomic E-state index is 0.429. The Morgan fingerprint density at radius 1 is 1.16 bits per heavy atom. The molecule has 2 aliphatic rings. The highest BCUT2D eigenvalue weighted by Crippen LogP contribution is 2.52. The van der Waals surface area contributed by atoms with Crippen LogP contribution in [0, 0.1) is 17.8 Å². The van der Waals surface area contributed by atoms with Crippen LogP contribution in [0.1, 0.15) is 86.0 Å². The van der Waals surface area contributed by atoms with Crippen LogP contribution in [-0.2, 0) is 0 Å². The van der Waals surface area contributed by atoms with Crippen molar-refractivity contribution in [3.8, 4) is 0 Å². The molecule has 4 atom stereocenters. The van der Waals surface area contributed by atoms with Crippen molar-refractivity contribution in [3.63, 3.8) is 0 Å². The van der Waals surface area contributed by atoms with Gasteiger partial charge in [-0.2, -0.15) is 0 Å². The highest BCUT2D eigenvalue weighted by atomic mass is 127. The van der Waals surface area contributed by atoms with E-state index in [1.165, 1.54) is 62.9 Å². The molecule has 2 fully saturated rings. The Morgan fingerprint density at radius 3 is 2.44 bits per heavy atom. The van der Waals surface area contributed by atoms with Gasteiger partial charge in [0.2, 0.25) is 0 Å². The largest absolute Gasteiger partial charge is 0.363 e. The molecule has 2 rings (SSSR count). The summed E-state index contributed by atoms with van der Waals surface area (Å²) >= 11 is 8.79. The zero-order chi connectivity index (χ0) is 18.8. The third kappa shape index (κ3) is 5.59. The average molecular weight is 475 g/mol. The molecule has 1 aliphatic carbocycles. The Balaban J connectivity index is 2.28. The lowest BCUT2D eigenvalue weighted by atomic mass is 9.53. The minimum Gasteiger partial charge on any atom is -0.363 e. The molecule has 4 unspecified atom stereocenters. The Hall–Kier alpha value is 0.685. The van der Waals surface area contributed by atoms with Crippen LogP contribution in [0.3, 0.4) is 0 Å². The smallest absolute Gasteiger partial charge is 0.109 e. The Morgan fingerprint density at radius 2 is 1.84 bits per heavy atom. The molecule has 25 heavy (non-hydrogen) atoms. The van der Waals surface area contributed by atoms with Gasteiger partial charge in [0.1, 0.15) is 7.85 Å². The first-order valence-electron chi connectivity index (χ1n) is 10.6. The molecule has 0 spiro atoms. The third-order valence-corrected chi connectivity index (χ3v) is 8.60. The van der Waals surface area contributed by atoms with Crippen molar-refractivity contribution < 1.29 is 0 Å². The molecular weight excluding hydrogens is 436 g/mol. The second-order valence-electron chi connectivity index (χ2n) is 9.98. The molecule has 0 aromatic carbocycles. The number of piperidine rings is 1. The number of hydrogen-bond acceptors (Lipinski definition) is 1. The van der Waals surface area contributed by atoms with Crippen LogP contribution in [0.15, 0.2) is 0 Å². The quantitative estimate of drug-likeness (QED) is 0.207. The lowest BCUT2D eigenvalue weighted by Gasteiger charge is -2.47. The molecule has 0 aromatic heterocycles. The van der Waals surface area contributed by atoms with Gasteiger partial charge in [-0.1, -0.05) is 86.6 Å². The minimum absolute atomic E-state index is 0.429. The fourth-order valence-electron chi connectivity index (χ4n) is 5.22. The van der Waals surface area contributed by atoms with Gasteiger partial charge in [0.05, 0.1) is 4.99 Å². The van der Waals surface area contributed by atoms with Gasteiger partial charge >= 0.3 is 0 Å². The highest BCUT2D eigenvalue weighted by molar-refractivity contribution is 14.1. The zero-order valence-electron chi connectivity index (χ0n) is 17.4. The molecule has 0 bridgehead atoms. The average Bonchev–Trinajstić information content (AvgIpc) is 2.49. The Kier molecular flexibility index (Phi) is 7.73. The molecule has 0 N–H and O–H groups in total. The van der Waals surface area contributed by atoms with Crippen molar-refractivity contribution in [3.05, 3.63) is 0 Å². The summed E-state index contributed by atoms with van der Waals surface area (Å²) < 4.78 is 0.440. The van der Waals surface area contributed by atoms with E-state index in [2.05, 4.69) is 70.0 Å². The van der Waals surface area contributed by atoms with Crippen LogP contribution < -0.4 is 0 Å². The number of alkyl halides is 1. The SMILES string of the molecule is BC1(C(C)C)CC2CCN(C(C)C)C(=S)C2CCCCCC(C)(I)C1. The number of nitrogens with zero attached hydrogens (tertiary/aromatic N) is 1. The number of thiocarbonyl (C=S) groups is 1. The number of hydrogen-bond donors (Lipinski definition) is 0. The monoisotopic (exact) mass is 475 g/mol. The standard InChI is InChI=1S/C21H39BINS/c1-15(2)21(22)13-17-10-12-24(16(3)4)19(25)18(17)9-7-6-8-11-20(5,23)14-21/h15-18H,6-14,22H2,1-5H3. The number of halogens is 1. The van der Waals surface area contributed by atoms with Gasteiger partial charge in [0, 0.05) is 21.9 Å². The van der Waals surface area contributed by atoms with Crippen LogP contribution in [0.2, 0.25) is 5.31 Å². The maximum Gasteiger partial charge on any atom is 0.109 e. The molecule has 1 aliphatic heterocycles. The zero-order valence-corrected chi connectivity index (χ0v) is 20.4. The van der Waals surface area contributed by atoms with Crippen LogP contribution in [-0.4, -0.2) is 33.7 Å². The lowest BCUT2D eigenvalue weighted by molar-refractivity contribution is 0.181. The summed E-state index contributed by atoms with van der Waals surface area (Å²) in [5, 5.41) is 0.429. The molecule has 0 aromatic rings. The predicted molar refractivity (Wildman–Crippen MR) is 127 cm³/mol. The van der Waals surface area contributed by atoms with Gasteiger partial charge in [-0.25, -0.2) is 0 Å². The number of rotatable bonds is 2. The van der Waals surface area contributed by atoms with Crippen molar-refractivity contribution in [1.82, 2.24) is 4.90 Å². The molecule has 1 saturated carbocycles. The third-order valence-electron chi connectivity index (χ3n) is 7.14. The van der Waals surface area contributed by atoms with Gasteiger partial charge in [0.25, 0.3) is 0 Å². The van der Waals surface area contributed by atoms with Crippen molar-refractivity contribution in [2.24, 2.45) is 17.8 Å². The predicted octanol–water partition coefficient (Wildman–Crippen LogP) is 6.05. The fourth-order valence-corrected chi connectivity index (χ4v) is 7.09. The Bertz CT molecular complexity index is 465. The van der Waals surface area contributed by atoms with Gasteiger partial charge < -0.3 is 4.90 Å². The topological polar surface area (TPSA) is 3.24 Å². The molecule has 0 radical (unpaired) electrons. The van der Waals surface area contributed by atoms with Crippen molar-refractivity contribution >= 4 is 47.6 Å². The molecule has 1 saturated heterocycles. The van der Waals surface area contributed by atoms with Gasteiger partial charge in [-0.3, -0.25) is 0 Å². The number of likely N-dealkylation sites (tertiary alicyclic amines) is 1. The van der Waals surface area contributed by atoms with Gasteiger partial charge in [-0.15, -0.1) is 0 Å². The van der Waals surface area contributed by atoms with Crippen molar-refractivity contribution in [2.75, 3.05) is 6.54 Å². The van der Waals surface area contributed by atoms with Gasteiger partial charge in [-0.05, 0) is 51.4 Å². The first-order chi connectivity index (χ1) is 11.6. The molecular formula is C21H39BINS. The normalized spacial score (nSPS) is 38.6. The fraction of sp³-hybridized carbons (Fsp3) is 0.952. The van der Waals surface area contributed by atoms with Crippen LogP contribution in [0.25, 0.3) is 0 Å². The molecule has 144 valence electrons. The summed E-state index contributed by atoms with van der Waals surface area (Å²) in [4.78, 5) is 3.81. The maximum atomic E-state index is 6.03. The summed E-state index contributed by atoms with van der Waals surface area (Å²) in [6.45, 7) is 13.2. The number of fused-ring (bicyclic) bond motifs is 1. The molecule has 1 heterocycles. The first-order valence-corrected chi connectivity index (χ1v) is 12.0. The summed E-state index contributed by atoms with van der Waals surface area (Å²) in [5.41, 5.74) is 0. The second-order valence-corrected chi connectivity index (χ2v) is 13.0. The van der Waals surface area contributed by atoms with Crippen LogP contribution in [0.4, 0.5) is 0 Å². The van der Waals surface area contributed by atoms with E-state index in [0.29, 0.717) is 20.7 Å². The van der Waals surface area contributed by atoms with E-state index < -0.39 is 0 Å². The maximum absolute atomic E-state index is 6.03. The van der Waals surface area contributed by atoms with Crippen LogP contribution >= 0.6 is 34.8 Å². The Labute approximate surface area is 177 Å². The van der Waals surface area contributed by atoms with Crippen molar-refractivity contribution in [1.29, 1.82) is 0 Å². The van der Waals surface area contributed by atoms with E-state index >= 15 is 0 Å². The van der Waals surface area contributed by atoms with E-state index in [0.717, 1.165) is 11.8 Å². The van der Waals surface area contributed by atoms with E-state index in [1.54, 1.807) is 0 Å². The summed E-state index contributed by atoms with van der Waals surface area (Å²) in [6, 6.07) is 0.556. The molecule has 0 amide bonds. The summed E-state index contributed by atoms with van der Waals surface area (Å²) in [7, 11) is 2.57. The lowest BCUT2D eigenvalue weighted by Crippen LogP contribution is -2.48. The van der Waals surface area contributed by atoms with Crippen LogP contribution in [0.5, 0.6) is 0 Å². The molecule has 4 heteroatoms.